The van der Waals surface area contributed by atoms with Gasteiger partial charge in [0.1, 0.15) is 11.9 Å². The van der Waals surface area contributed by atoms with Crippen LogP contribution in [-0.2, 0) is 9.53 Å². The maximum absolute atomic E-state index is 14.4. The van der Waals surface area contributed by atoms with Crippen LogP contribution in [0.15, 0.2) is 55.1 Å². The molecule has 1 saturated carbocycles. The molecule has 10 nitrogen and oxygen atoms in total. The van der Waals surface area contributed by atoms with Gasteiger partial charge in [-0.15, -0.1) is 0 Å². The Kier molecular flexibility index (Phi) is 8.45. The van der Waals surface area contributed by atoms with Crippen molar-refractivity contribution in [3.05, 3.63) is 60.9 Å². The molecular formula is C29H34FN7O3. The largest absolute Gasteiger partial charge is 0.442 e. The fraction of sp³-hybridized carbons (Fsp3) is 0.448. The van der Waals surface area contributed by atoms with Crippen molar-refractivity contribution in [3.8, 4) is 17.2 Å². The lowest BCUT2D eigenvalue weighted by molar-refractivity contribution is -0.131. The van der Waals surface area contributed by atoms with Crippen molar-refractivity contribution in [2.75, 3.05) is 50.7 Å². The van der Waals surface area contributed by atoms with Gasteiger partial charge in [0.2, 0.25) is 5.91 Å². The first-order valence-corrected chi connectivity index (χ1v) is 13.7. The van der Waals surface area contributed by atoms with Gasteiger partial charge in [0.15, 0.2) is 0 Å². The number of likely N-dealkylation sites (tertiary alicyclic amines) is 2. The molecule has 6 rings (SSSR count). The lowest BCUT2D eigenvalue weighted by Gasteiger charge is -2.22. The molecule has 2 aromatic rings. The van der Waals surface area contributed by atoms with E-state index in [-0.39, 0.29) is 17.9 Å². The molecular weight excluding hydrogens is 513 g/mol. The van der Waals surface area contributed by atoms with Crippen LogP contribution in [-0.4, -0.2) is 78.7 Å². The molecule has 4 atom stereocenters. The molecule has 4 heterocycles. The van der Waals surface area contributed by atoms with Gasteiger partial charge in [-0.2, -0.15) is 5.26 Å². The fourth-order valence-electron chi connectivity index (χ4n) is 5.69. The number of nitrogens with two attached hydrogens (primary N) is 1. The summed E-state index contributed by atoms with van der Waals surface area (Å²) in [4.78, 5) is 33.6. The second kappa shape index (κ2) is 12.3. The second-order valence-corrected chi connectivity index (χ2v) is 10.6. The van der Waals surface area contributed by atoms with Crippen LogP contribution in [0.4, 0.5) is 14.9 Å². The molecule has 1 aromatic heterocycles. The third kappa shape index (κ3) is 6.18. The number of rotatable bonds is 7. The number of nitriles is 1. The molecule has 11 heteroatoms. The van der Waals surface area contributed by atoms with Gasteiger partial charge < -0.3 is 20.7 Å². The van der Waals surface area contributed by atoms with Crippen molar-refractivity contribution in [2.24, 2.45) is 23.5 Å². The predicted octanol–water partition coefficient (Wildman–Crippen LogP) is 2.54. The molecule has 0 bridgehead atoms. The highest BCUT2D eigenvalue weighted by Gasteiger charge is 2.57. The Bertz CT molecular complexity index is 1270. The summed E-state index contributed by atoms with van der Waals surface area (Å²) >= 11 is 0. The molecule has 3 N–H and O–H groups in total. The summed E-state index contributed by atoms with van der Waals surface area (Å²) in [5.74, 6) is 1.09. The number of pyridine rings is 1. The number of nitrogens with zero attached hydrogens (tertiary/aromatic N) is 5. The van der Waals surface area contributed by atoms with Gasteiger partial charge in [-0.05, 0) is 62.0 Å². The highest BCUT2D eigenvalue weighted by Crippen LogP contribution is 2.51. The van der Waals surface area contributed by atoms with Crippen LogP contribution < -0.4 is 16.0 Å². The molecule has 4 aliphatic rings. The van der Waals surface area contributed by atoms with E-state index in [4.69, 9.17) is 15.7 Å². The number of aromatic nitrogens is 1. The number of halogens is 1. The quantitative estimate of drug-likeness (QED) is 0.542. The Morgan fingerprint density at radius 3 is 2.65 bits per heavy atom. The van der Waals surface area contributed by atoms with Crippen LogP contribution in [0.1, 0.15) is 12.8 Å². The minimum absolute atomic E-state index is 0.246. The average Bonchev–Trinajstić information content (AvgIpc) is 3.40. The zero-order valence-electron chi connectivity index (χ0n) is 22.3. The fourth-order valence-corrected chi connectivity index (χ4v) is 5.69. The highest BCUT2D eigenvalue weighted by atomic mass is 19.1. The zero-order valence-corrected chi connectivity index (χ0v) is 22.3. The molecule has 0 radical (unpaired) electrons. The monoisotopic (exact) mass is 547 g/mol. The van der Waals surface area contributed by atoms with Crippen LogP contribution in [0, 0.1) is 34.9 Å². The smallest absolute Gasteiger partial charge is 0.414 e. The third-order valence-electron chi connectivity index (χ3n) is 7.92. The Labute approximate surface area is 233 Å². The summed E-state index contributed by atoms with van der Waals surface area (Å²) in [6.07, 6.45) is 7.80. The molecule has 1 aromatic carbocycles. The molecule has 2 amide bonds. The molecule has 2 unspecified atom stereocenters. The number of fused-ring (bicyclic) bond motifs is 1. The van der Waals surface area contributed by atoms with Gasteiger partial charge in [-0.1, -0.05) is 6.07 Å². The van der Waals surface area contributed by atoms with Crippen molar-refractivity contribution in [1.29, 1.82) is 5.26 Å². The number of anilines is 1. The van der Waals surface area contributed by atoms with Gasteiger partial charge in [-0.25, -0.2) is 9.18 Å². The summed E-state index contributed by atoms with van der Waals surface area (Å²) in [5.41, 5.74) is 6.81. The number of carbonyl (C=O) groups excluding carboxylic acids is 2. The first kappa shape index (κ1) is 27.4. The van der Waals surface area contributed by atoms with Crippen molar-refractivity contribution < 1.29 is 18.7 Å². The Hall–Kier alpha value is -4.17. The Balaban J connectivity index is 0.000000174. The maximum Gasteiger partial charge on any atom is 0.414 e. The predicted molar refractivity (Wildman–Crippen MR) is 147 cm³/mol. The van der Waals surface area contributed by atoms with Crippen LogP contribution in [0.3, 0.4) is 0 Å². The molecule has 1 aliphatic carbocycles. The van der Waals surface area contributed by atoms with Gasteiger partial charge in [-0.3, -0.25) is 19.6 Å². The number of carbonyl (C=O) groups is 2. The maximum atomic E-state index is 14.4. The summed E-state index contributed by atoms with van der Waals surface area (Å²) < 4.78 is 19.7. The number of piperidine rings is 1. The summed E-state index contributed by atoms with van der Waals surface area (Å²) in [7, 11) is 0. The van der Waals surface area contributed by atoms with Crippen LogP contribution in [0.5, 0.6) is 0 Å². The second-order valence-electron chi connectivity index (χ2n) is 10.6. The average molecular weight is 548 g/mol. The molecule has 210 valence electrons. The number of cyclic esters (lactones) is 1. The number of nitrogens with one attached hydrogen (secondary N) is 1. The first-order valence-electron chi connectivity index (χ1n) is 13.7. The van der Waals surface area contributed by atoms with Crippen molar-refractivity contribution in [1.82, 2.24) is 20.1 Å². The molecule has 4 fully saturated rings. The first-order chi connectivity index (χ1) is 19.5. The number of hydrogen-bond donors (Lipinski definition) is 2. The van der Waals surface area contributed by atoms with Crippen molar-refractivity contribution in [3.63, 3.8) is 0 Å². The molecule has 40 heavy (non-hydrogen) atoms. The number of ether oxygens (including phenoxy) is 1. The Morgan fingerprint density at radius 1 is 1.23 bits per heavy atom. The van der Waals surface area contributed by atoms with E-state index in [0.29, 0.717) is 48.3 Å². The van der Waals surface area contributed by atoms with E-state index in [1.165, 1.54) is 30.0 Å². The van der Waals surface area contributed by atoms with Gasteiger partial charge in [0.25, 0.3) is 0 Å². The molecule has 0 spiro atoms. The van der Waals surface area contributed by atoms with E-state index in [2.05, 4.69) is 21.3 Å². The topological polar surface area (TPSA) is 128 Å². The molecule has 3 aliphatic heterocycles. The standard InChI is InChI=1S/C17H17FN4O2.C12H17N3O/c18-16-8-13(3-4-15(16)12-2-1-6-20-9-12)22-11-14(24-17(22)23)10-21-7-5-19;13-5-9-10-6-15(7-11(9)10)12(16)8-14-3-1-2-4-14/h1-9,14,21H,10-11,19H2;9-11H,1-4,6-8H2/b7-5-;/t;9?,10-,11+. The van der Waals surface area contributed by atoms with Crippen LogP contribution in [0.2, 0.25) is 0 Å². The van der Waals surface area contributed by atoms with E-state index >= 15 is 0 Å². The summed E-state index contributed by atoms with van der Waals surface area (Å²) in [5, 5.41) is 11.7. The third-order valence-corrected chi connectivity index (χ3v) is 7.92. The number of amides is 2. The zero-order chi connectivity index (χ0) is 28.1. The lowest BCUT2D eigenvalue weighted by atomic mass is 10.1. The van der Waals surface area contributed by atoms with Gasteiger partial charge in [0.05, 0.1) is 37.3 Å². The number of hydrogen-bond acceptors (Lipinski definition) is 8. The summed E-state index contributed by atoms with van der Waals surface area (Å²) in [6, 6.07) is 10.5. The van der Waals surface area contributed by atoms with E-state index in [1.807, 2.05) is 4.90 Å². The lowest BCUT2D eigenvalue weighted by Crippen LogP contribution is -2.39. The van der Waals surface area contributed by atoms with Crippen molar-refractivity contribution >= 4 is 17.7 Å². The van der Waals surface area contributed by atoms with Crippen molar-refractivity contribution in [2.45, 2.75) is 18.9 Å². The van der Waals surface area contributed by atoms with E-state index < -0.39 is 11.9 Å². The van der Waals surface area contributed by atoms with Gasteiger partial charge >= 0.3 is 6.09 Å². The van der Waals surface area contributed by atoms with E-state index in [9.17, 15) is 14.0 Å². The molecule has 3 saturated heterocycles. The Morgan fingerprint density at radius 2 is 2.00 bits per heavy atom. The SMILES string of the molecule is N#CC1[C@H]2CN(C(=O)CN3CCCC3)C[C@@H]12.N/C=C\NCC1CN(c2ccc(-c3cccnc3)c(F)c2)C(=O)O1. The van der Waals surface area contributed by atoms with E-state index in [0.717, 1.165) is 26.2 Å². The minimum Gasteiger partial charge on any atom is -0.442 e. The minimum atomic E-state index is -0.493. The highest BCUT2D eigenvalue weighted by molar-refractivity contribution is 5.90. The normalized spacial score (nSPS) is 25.2. The van der Waals surface area contributed by atoms with Crippen LogP contribution >= 0.6 is 0 Å². The van der Waals surface area contributed by atoms with E-state index in [1.54, 1.807) is 42.9 Å². The van der Waals surface area contributed by atoms with Gasteiger partial charge in [0, 0.05) is 49.0 Å². The summed E-state index contributed by atoms with van der Waals surface area (Å²) in [6.45, 7) is 5.18. The number of benzene rings is 1. The van der Waals surface area contributed by atoms with Crippen LogP contribution in [0.25, 0.3) is 11.1 Å².